The maximum atomic E-state index is 12.8. The second-order valence-corrected chi connectivity index (χ2v) is 6.59. The molecule has 1 nitrogen and oxygen atoms in total. The van der Waals surface area contributed by atoms with E-state index < -0.39 is 9.04 Å². The summed E-state index contributed by atoms with van der Waals surface area (Å²) in [6.07, 6.45) is 0. The number of halogens is 1. The van der Waals surface area contributed by atoms with Crippen LogP contribution in [0.4, 0.5) is 4.39 Å². The van der Waals surface area contributed by atoms with Crippen molar-refractivity contribution in [3.8, 4) is 0 Å². The van der Waals surface area contributed by atoms with Crippen LogP contribution in [0.2, 0.25) is 12.1 Å². The van der Waals surface area contributed by atoms with Gasteiger partial charge in [-0.15, -0.1) is 0 Å². The average Bonchev–Trinajstić information content (AvgIpc) is 2.19. The van der Waals surface area contributed by atoms with Gasteiger partial charge in [0.15, 0.2) is 9.04 Å². The molecule has 1 rings (SSSR count). The molecule has 0 saturated carbocycles. The molecule has 0 spiro atoms. The Kier molecular flexibility index (Phi) is 4.83. The van der Waals surface area contributed by atoms with Crippen LogP contribution < -0.4 is 0 Å². The lowest BCUT2D eigenvalue weighted by atomic mass is 10.2. The molecule has 1 aromatic rings. The minimum Gasteiger partial charge on any atom is -0.416 e. The molecule has 0 aliphatic heterocycles. The van der Waals surface area contributed by atoms with Gasteiger partial charge < -0.3 is 4.43 Å². The lowest BCUT2D eigenvalue weighted by Crippen LogP contribution is -2.14. The number of hydrogen-bond acceptors (Lipinski definition) is 1. The molecule has 78 valence electrons. The van der Waals surface area contributed by atoms with Crippen LogP contribution in [-0.2, 0) is 11.0 Å². The Morgan fingerprint density at radius 3 is 2.57 bits per heavy atom. The molecule has 0 aliphatic carbocycles. The molecule has 0 amide bonds. The number of rotatable bonds is 5. The van der Waals surface area contributed by atoms with Crippen molar-refractivity contribution in [2.45, 2.75) is 32.5 Å². The summed E-state index contributed by atoms with van der Waals surface area (Å²) in [7, 11) is -1.00. The minimum absolute atomic E-state index is 0.183. The molecule has 0 radical (unpaired) electrons. The van der Waals surface area contributed by atoms with Gasteiger partial charge in [-0.25, -0.2) is 4.39 Å². The van der Waals surface area contributed by atoms with E-state index in [1.165, 1.54) is 12.1 Å². The zero-order valence-electron chi connectivity index (χ0n) is 8.79. The van der Waals surface area contributed by atoms with Gasteiger partial charge in [0.2, 0.25) is 0 Å². The van der Waals surface area contributed by atoms with Crippen LogP contribution in [0.3, 0.4) is 0 Å². The van der Waals surface area contributed by atoms with Gasteiger partial charge in [-0.3, -0.25) is 0 Å². The Morgan fingerprint density at radius 1 is 1.29 bits per heavy atom. The summed E-state index contributed by atoms with van der Waals surface area (Å²) in [5.41, 5.74) is 0.935. The second kappa shape index (κ2) is 5.93. The van der Waals surface area contributed by atoms with E-state index in [1.54, 1.807) is 6.07 Å². The fraction of sp³-hybridized carbons (Fsp3) is 0.455. The molecular weight excluding hydrogens is 195 g/mol. The van der Waals surface area contributed by atoms with Gasteiger partial charge in [-0.05, 0) is 29.8 Å². The van der Waals surface area contributed by atoms with Crippen molar-refractivity contribution < 1.29 is 8.82 Å². The van der Waals surface area contributed by atoms with Gasteiger partial charge in [0.25, 0.3) is 0 Å². The first-order valence-electron chi connectivity index (χ1n) is 5.12. The molecule has 0 N–H and O–H groups in total. The SMILES string of the molecule is CC[SiH](CC)OCc1cccc(F)c1. The Bertz CT molecular complexity index is 274. The average molecular weight is 212 g/mol. The highest BCUT2D eigenvalue weighted by molar-refractivity contribution is 6.51. The standard InChI is InChI=1S/C11H17FOSi/c1-3-14(4-2)13-9-10-6-5-7-11(12)8-10/h5-8,14H,3-4,9H2,1-2H3. The van der Waals surface area contributed by atoms with E-state index >= 15 is 0 Å². The molecule has 0 aliphatic rings. The normalized spacial score (nSPS) is 10.9. The molecule has 0 atom stereocenters. The van der Waals surface area contributed by atoms with Gasteiger partial charge in [0, 0.05) is 0 Å². The summed E-state index contributed by atoms with van der Waals surface area (Å²) in [5.74, 6) is -0.183. The van der Waals surface area contributed by atoms with Crippen LogP contribution in [-0.4, -0.2) is 9.04 Å². The third-order valence-corrected chi connectivity index (χ3v) is 4.74. The highest BCUT2D eigenvalue weighted by Gasteiger charge is 2.06. The van der Waals surface area contributed by atoms with Gasteiger partial charge in [0.1, 0.15) is 5.82 Å². The topological polar surface area (TPSA) is 9.23 Å². The predicted molar refractivity (Wildman–Crippen MR) is 59.3 cm³/mol. The van der Waals surface area contributed by atoms with Gasteiger partial charge in [-0.2, -0.15) is 0 Å². The highest BCUT2D eigenvalue weighted by atomic mass is 28.3. The Morgan fingerprint density at radius 2 is 2.00 bits per heavy atom. The largest absolute Gasteiger partial charge is 0.416 e. The molecule has 0 heterocycles. The fourth-order valence-electron chi connectivity index (χ4n) is 1.37. The molecule has 3 heteroatoms. The van der Waals surface area contributed by atoms with E-state index in [4.69, 9.17) is 4.43 Å². The minimum atomic E-state index is -1.00. The van der Waals surface area contributed by atoms with Gasteiger partial charge in [-0.1, -0.05) is 26.0 Å². The van der Waals surface area contributed by atoms with Crippen LogP contribution in [0.1, 0.15) is 19.4 Å². The van der Waals surface area contributed by atoms with Crippen LogP contribution >= 0.6 is 0 Å². The molecule has 0 bridgehead atoms. The Labute approximate surface area is 86.6 Å². The number of benzene rings is 1. The van der Waals surface area contributed by atoms with Crippen molar-refractivity contribution >= 4 is 9.04 Å². The molecule has 0 aromatic heterocycles. The lowest BCUT2D eigenvalue weighted by molar-refractivity contribution is 0.307. The first kappa shape index (κ1) is 11.4. The summed E-state index contributed by atoms with van der Waals surface area (Å²) in [6.45, 7) is 4.88. The highest BCUT2D eigenvalue weighted by Crippen LogP contribution is 2.08. The predicted octanol–water partition coefficient (Wildman–Crippen LogP) is 3.11. The van der Waals surface area contributed by atoms with E-state index in [9.17, 15) is 4.39 Å². The molecule has 1 aromatic carbocycles. The zero-order valence-corrected chi connectivity index (χ0v) is 9.95. The van der Waals surface area contributed by atoms with Crippen molar-refractivity contribution in [3.05, 3.63) is 35.6 Å². The third-order valence-electron chi connectivity index (χ3n) is 2.29. The van der Waals surface area contributed by atoms with E-state index in [2.05, 4.69) is 13.8 Å². The van der Waals surface area contributed by atoms with E-state index in [-0.39, 0.29) is 5.82 Å². The third kappa shape index (κ3) is 3.60. The fourth-order valence-corrected chi connectivity index (χ4v) is 2.84. The van der Waals surface area contributed by atoms with Crippen LogP contribution in [0.25, 0.3) is 0 Å². The van der Waals surface area contributed by atoms with Crippen molar-refractivity contribution in [2.24, 2.45) is 0 Å². The quantitative estimate of drug-likeness (QED) is 0.681. The van der Waals surface area contributed by atoms with E-state index in [0.717, 1.165) is 17.7 Å². The lowest BCUT2D eigenvalue weighted by Gasteiger charge is -2.12. The molecule has 0 saturated heterocycles. The van der Waals surface area contributed by atoms with Gasteiger partial charge >= 0.3 is 0 Å². The monoisotopic (exact) mass is 212 g/mol. The van der Waals surface area contributed by atoms with Gasteiger partial charge in [0.05, 0.1) is 6.61 Å². The smallest absolute Gasteiger partial charge is 0.176 e. The van der Waals surface area contributed by atoms with E-state index in [1.807, 2.05) is 6.07 Å². The first-order chi connectivity index (χ1) is 6.76. The van der Waals surface area contributed by atoms with Crippen molar-refractivity contribution in [1.29, 1.82) is 0 Å². The number of hydrogen-bond donors (Lipinski definition) is 0. The Balaban J connectivity index is 2.44. The molecule has 0 fully saturated rings. The zero-order chi connectivity index (χ0) is 10.4. The summed E-state index contributed by atoms with van der Waals surface area (Å²) >= 11 is 0. The van der Waals surface area contributed by atoms with Crippen molar-refractivity contribution in [2.75, 3.05) is 0 Å². The van der Waals surface area contributed by atoms with Crippen LogP contribution in [0.5, 0.6) is 0 Å². The maximum absolute atomic E-state index is 12.8. The summed E-state index contributed by atoms with van der Waals surface area (Å²) < 4.78 is 18.6. The molecular formula is C11H17FOSi. The van der Waals surface area contributed by atoms with Crippen molar-refractivity contribution in [1.82, 2.24) is 0 Å². The summed E-state index contributed by atoms with van der Waals surface area (Å²) in [6, 6.07) is 8.91. The summed E-state index contributed by atoms with van der Waals surface area (Å²) in [4.78, 5) is 0. The van der Waals surface area contributed by atoms with Crippen LogP contribution in [0, 0.1) is 5.82 Å². The van der Waals surface area contributed by atoms with Crippen LogP contribution in [0.15, 0.2) is 24.3 Å². The molecule has 0 unspecified atom stereocenters. The second-order valence-electron chi connectivity index (χ2n) is 3.38. The van der Waals surface area contributed by atoms with E-state index in [0.29, 0.717) is 6.61 Å². The first-order valence-corrected chi connectivity index (χ1v) is 7.22. The van der Waals surface area contributed by atoms with Crippen molar-refractivity contribution in [3.63, 3.8) is 0 Å². The maximum Gasteiger partial charge on any atom is 0.176 e. The summed E-state index contributed by atoms with van der Waals surface area (Å²) in [5, 5.41) is 0. The molecule has 14 heavy (non-hydrogen) atoms. The Hall–Kier alpha value is -0.673.